The van der Waals surface area contributed by atoms with Crippen LogP contribution in [0.1, 0.15) is 19.8 Å². The zero-order valence-corrected chi connectivity index (χ0v) is 7.03. The molecule has 0 aliphatic rings. The molecular weight excluding hydrogens is 169 g/mol. The van der Waals surface area contributed by atoms with E-state index in [4.69, 9.17) is 4.74 Å². The summed E-state index contributed by atoms with van der Waals surface area (Å²) in [5.74, 6) is 0. The number of ether oxygens (including phenoxy) is 1. The van der Waals surface area contributed by atoms with Gasteiger partial charge in [0, 0.05) is 0 Å². The molecule has 0 aliphatic heterocycles. The fraction of sp³-hybridized carbons (Fsp3) is 0.750. The molecule has 0 bridgehead atoms. The van der Waals surface area contributed by atoms with E-state index in [2.05, 4.69) is 6.58 Å². The first-order chi connectivity index (χ1) is 5.49. The number of hydrogen-bond acceptors (Lipinski definition) is 1. The van der Waals surface area contributed by atoms with Crippen LogP contribution in [0.25, 0.3) is 0 Å². The molecule has 0 amide bonds. The lowest BCUT2D eigenvalue weighted by Crippen LogP contribution is -2.15. The highest BCUT2D eigenvalue weighted by Crippen LogP contribution is 2.19. The van der Waals surface area contributed by atoms with Crippen molar-refractivity contribution in [3.8, 4) is 0 Å². The SMILES string of the molecule is C=CC(CC)OCCC(F)(F)F. The molecule has 12 heavy (non-hydrogen) atoms. The number of hydrogen-bond donors (Lipinski definition) is 0. The standard InChI is InChI=1S/C8H13F3O/c1-3-7(4-2)12-6-5-8(9,10)11/h3,7H,1,4-6H2,2H3. The molecule has 1 nitrogen and oxygen atoms in total. The van der Waals surface area contributed by atoms with Gasteiger partial charge in [0.1, 0.15) is 0 Å². The molecule has 4 heteroatoms. The third kappa shape index (κ3) is 6.22. The lowest BCUT2D eigenvalue weighted by molar-refractivity contribution is -0.147. The number of rotatable bonds is 5. The van der Waals surface area contributed by atoms with Crippen molar-refractivity contribution < 1.29 is 17.9 Å². The van der Waals surface area contributed by atoms with E-state index in [1.165, 1.54) is 6.08 Å². The van der Waals surface area contributed by atoms with Crippen LogP contribution < -0.4 is 0 Å². The molecule has 0 aromatic carbocycles. The zero-order chi connectivity index (χ0) is 9.61. The first-order valence-electron chi connectivity index (χ1n) is 3.80. The molecule has 0 saturated carbocycles. The van der Waals surface area contributed by atoms with E-state index in [9.17, 15) is 13.2 Å². The Kier molecular flexibility index (Phi) is 4.97. The minimum Gasteiger partial charge on any atom is -0.374 e. The van der Waals surface area contributed by atoms with Crippen molar-refractivity contribution in [3.05, 3.63) is 12.7 Å². The second-order valence-corrected chi connectivity index (χ2v) is 2.42. The largest absolute Gasteiger partial charge is 0.391 e. The molecule has 0 fully saturated rings. The van der Waals surface area contributed by atoms with Gasteiger partial charge >= 0.3 is 6.18 Å². The smallest absolute Gasteiger partial charge is 0.374 e. The first-order valence-corrected chi connectivity index (χ1v) is 3.80. The maximum absolute atomic E-state index is 11.6. The molecule has 1 atom stereocenters. The maximum Gasteiger partial charge on any atom is 0.391 e. The molecule has 0 spiro atoms. The van der Waals surface area contributed by atoms with Crippen LogP contribution in [0, 0.1) is 0 Å². The highest BCUT2D eigenvalue weighted by Gasteiger charge is 2.26. The Morgan fingerprint density at radius 2 is 2.08 bits per heavy atom. The molecule has 0 rings (SSSR count). The van der Waals surface area contributed by atoms with Gasteiger partial charge < -0.3 is 4.74 Å². The van der Waals surface area contributed by atoms with Crippen LogP contribution in [0.2, 0.25) is 0 Å². The third-order valence-corrected chi connectivity index (χ3v) is 1.38. The topological polar surface area (TPSA) is 9.23 Å². The minimum absolute atomic E-state index is 0.257. The fourth-order valence-electron chi connectivity index (χ4n) is 0.679. The monoisotopic (exact) mass is 182 g/mol. The molecule has 0 N–H and O–H groups in total. The number of alkyl halides is 3. The molecule has 0 aliphatic carbocycles. The van der Waals surface area contributed by atoms with Crippen molar-refractivity contribution in [2.24, 2.45) is 0 Å². The average molecular weight is 182 g/mol. The molecule has 1 unspecified atom stereocenters. The Bertz CT molecular complexity index is 131. The van der Waals surface area contributed by atoms with Gasteiger partial charge in [-0.25, -0.2) is 0 Å². The van der Waals surface area contributed by atoms with Gasteiger partial charge in [0.2, 0.25) is 0 Å². The molecule has 0 aromatic rings. The van der Waals surface area contributed by atoms with Crippen molar-refractivity contribution in [3.63, 3.8) is 0 Å². The molecule has 0 radical (unpaired) electrons. The Morgan fingerprint density at radius 1 is 1.50 bits per heavy atom. The second kappa shape index (κ2) is 5.19. The number of halogens is 3. The van der Waals surface area contributed by atoms with Crippen molar-refractivity contribution in [1.82, 2.24) is 0 Å². The predicted octanol–water partition coefficient (Wildman–Crippen LogP) is 2.92. The summed E-state index contributed by atoms with van der Waals surface area (Å²) >= 11 is 0. The van der Waals surface area contributed by atoms with Crippen LogP contribution in [0.5, 0.6) is 0 Å². The van der Waals surface area contributed by atoms with Crippen molar-refractivity contribution in [1.29, 1.82) is 0 Å². The summed E-state index contributed by atoms with van der Waals surface area (Å²) in [6.45, 7) is 4.99. The van der Waals surface area contributed by atoms with Gasteiger partial charge in [0.15, 0.2) is 0 Å². The van der Waals surface area contributed by atoms with Crippen LogP contribution in [-0.2, 0) is 4.74 Å². The van der Waals surface area contributed by atoms with E-state index in [-0.39, 0.29) is 12.7 Å². The Labute approximate surface area is 70.2 Å². The summed E-state index contributed by atoms with van der Waals surface area (Å²) in [7, 11) is 0. The lowest BCUT2D eigenvalue weighted by atomic mass is 10.3. The van der Waals surface area contributed by atoms with Gasteiger partial charge in [-0.05, 0) is 6.42 Å². The first kappa shape index (κ1) is 11.5. The van der Waals surface area contributed by atoms with E-state index in [1.807, 2.05) is 6.92 Å². The minimum atomic E-state index is -4.13. The van der Waals surface area contributed by atoms with Crippen molar-refractivity contribution in [2.75, 3.05) is 6.61 Å². The van der Waals surface area contributed by atoms with Crippen LogP contribution >= 0.6 is 0 Å². The summed E-state index contributed by atoms with van der Waals surface area (Å²) in [5, 5.41) is 0. The Balaban J connectivity index is 3.48. The van der Waals surface area contributed by atoms with E-state index >= 15 is 0 Å². The highest BCUT2D eigenvalue weighted by molar-refractivity contribution is 4.78. The maximum atomic E-state index is 11.6. The predicted molar refractivity (Wildman–Crippen MR) is 40.9 cm³/mol. The van der Waals surface area contributed by atoms with Gasteiger partial charge in [-0.1, -0.05) is 13.0 Å². The van der Waals surface area contributed by atoms with E-state index < -0.39 is 12.6 Å². The lowest BCUT2D eigenvalue weighted by Gasteiger charge is -2.12. The summed E-state index contributed by atoms with van der Waals surface area (Å²) < 4.78 is 39.7. The van der Waals surface area contributed by atoms with Crippen LogP contribution in [0.15, 0.2) is 12.7 Å². The van der Waals surface area contributed by atoms with Gasteiger partial charge in [-0.2, -0.15) is 13.2 Å². The van der Waals surface area contributed by atoms with Gasteiger partial charge in [-0.3, -0.25) is 0 Å². The van der Waals surface area contributed by atoms with Crippen LogP contribution in [0.3, 0.4) is 0 Å². The van der Waals surface area contributed by atoms with Crippen molar-refractivity contribution >= 4 is 0 Å². The summed E-state index contributed by atoms with van der Waals surface area (Å²) in [5.41, 5.74) is 0. The molecule has 0 saturated heterocycles. The third-order valence-electron chi connectivity index (χ3n) is 1.38. The summed E-state index contributed by atoms with van der Waals surface area (Å²) in [6, 6.07) is 0. The Morgan fingerprint density at radius 3 is 2.42 bits per heavy atom. The van der Waals surface area contributed by atoms with Gasteiger partial charge in [-0.15, -0.1) is 6.58 Å². The Hall–Kier alpha value is -0.510. The molecule has 0 heterocycles. The molecule has 72 valence electrons. The summed E-state index contributed by atoms with van der Waals surface area (Å²) in [4.78, 5) is 0. The highest BCUT2D eigenvalue weighted by atomic mass is 19.4. The fourth-order valence-corrected chi connectivity index (χ4v) is 0.679. The van der Waals surface area contributed by atoms with Crippen LogP contribution in [0.4, 0.5) is 13.2 Å². The summed E-state index contributed by atoms with van der Waals surface area (Å²) in [6.07, 6.45) is -3.11. The van der Waals surface area contributed by atoms with Gasteiger partial charge in [0.25, 0.3) is 0 Å². The van der Waals surface area contributed by atoms with Gasteiger partial charge in [0.05, 0.1) is 19.1 Å². The molecule has 0 aromatic heterocycles. The quantitative estimate of drug-likeness (QED) is 0.594. The van der Waals surface area contributed by atoms with Crippen LogP contribution in [-0.4, -0.2) is 18.9 Å². The zero-order valence-electron chi connectivity index (χ0n) is 7.03. The average Bonchev–Trinajstić information content (AvgIpc) is 1.96. The van der Waals surface area contributed by atoms with E-state index in [0.29, 0.717) is 6.42 Å². The van der Waals surface area contributed by atoms with E-state index in [1.54, 1.807) is 0 Å². The van der Waals surface area contributed by atoms with E-state index in [0.717, 1.165) is 0 Å². The second-order valence-electron chi connectivity index (χ2n) is 2.42. The normalized spacial score (nSPS) is 14.3. The van der Waals surface area contributed by atoms with Crippen molar-refractivity contribution in [2.45, 2.75) is 32.0 Å². The molecular formula is C8H13F3O.